The van der Waals surface area contributed by atoms with E-state index in [1.807, 2.05) is 0 Å². The molecule has 1 fully saturated rings. The third-order valence-corrected chi connectivity index (χ3v) is 4.94. The number of nitrogens with zero attached hydrogens (tertiary/aromatic N) is 2. The van der Waals surface area contributed by atoms with Crippen molar-refractivity contribution >= 4 is 34.2 Å². The van der Waals surface area contributed by atoms with Gasteiger partial charge in [-0.05, 0) is 47.8 Å². The lowest BCUT2D eigenvalue weighted by Gasteiger charge is -2.13. The van der Waals surface area contributed by atoms with Crippen LogP contribution in [0.15, 0.2) is 0 Å². The molecule has 0 amide bonds. The Morgan fingerprint density at radius 1 is 1.29 bits per heavy atom. The predicted molar refractivity (Wildman–Crippen MR) is 79.5 cm³/mol. The van der Waals surface area contributed by atoms with Gasteiger partial charge in [-0.3, -0.25) is 0 Å². The third-order valence-electron chi connectivity index (χ3n) is 3.22. The quantitative estimate of drug-likeness (QED) is 0.579. The van der Waals surface area contributed by atoms with E-state index in [1.165, 1.54) is 25.7 Å². The van der Waals surface area contributed by atoms with E-state index in [2.05, 4.69) is 41.4 Å². The summed E-state index contributed by atoms with van der Waals surface area (Å²) in [6, 6.07) is 0. The van der Waals surface area contributed by atoms with E-state index in [0.717, 1.165) is 21.5 Å². The van der Waals surface area contributed by atoms with Crippen LogP contribution in [0.5, 0.6) is 0 Å². The Bertz CT molecular complexity index is 401. The first-order valence-corrected chi connectivity index (χ1v) is 7.75. The maximum atomic E-state index is 6.22. The molecule has 1 aromatic heterocycles. The Morgan fingerprint density at radius 2 is 1.94 bits per heavy atom. The van der Waals surface area contributed by atoms with Crippen molar-refractivity contribution in [1.82, 2.24) is 9.97 Å². The van der Waals surface area contributed by atoms with Crippen LogP contribution in [0.4, 0.5) is 0 Å². The van der Waals surface area contributed by atoms with Crippen LogP contribution < -0.4 is 0 Å². The van der Waals surface area contributed by atoms with Crippen molar-refractivity contribution in [2.24, 2.45) is 5.92 Å². The second-order valence-corrected chi connectivity index (χ2v) is 6.65. The molecule has 94 valence electrons. The van der Waals surface area contributed by atoms with E-state index in [0.29, 0.717) is 17.0 Å². The summed E-state index contributed by atoms with van der Waals surface area (Å²) < 4.78 is 1.03. The Balaban J connectivity index is 2.31. The third kappa shape index (κ3) is 3.31. The van der Waals surface area contributed by atoms with E-state index in [-0.39, 0.29) is 0 Å². The molecule has 0 unspecified atom stereocenters. The Morgan fingerprint density at radius 3 is 2.53 bits per heavy atom. The second-order valence-electron chi connectivity index (χ2n) is 5.21. The molecule has 4 heteroatoms. The van der Waals surface area contributed by atoms with Crippen molar-refractivity contribution in [1.29, 1.82) is 0 Å². The topological polar surface area (TPSA) is 25.8 Å². The van der Waals surface area contributed by atoms with Gasteiger partial charge in [0.25, 0.3) is 0 Å². The van der Waals surface area contributed by atoms with Gasteiger partial charge in [-0.15, -0.1) is 0 Å². The Hall–Kier alpha value is 0.100. The fourth-order valence-electron chi connectivity index (χ4n) is 2.37. The smallest absolute Gasteiger partial charge is 0.146 e. The summed E-state index contributed by atoms with van der Waals surface area (Å²) in [6.45, 7) is 4.42. The monoisotopic (exact) mass is 364 g/mol. The van der Waals surface area contributed by atoms with E-state index in [1.54, 1.807) is 0 Å². The van der Waals surface area contributed by atoms with E-state index in [4.69, 9.17) is 16.6 Å². The normalized spacial score (nSPS) is 17.0. The summed E-state index contributed by atoms with van der Waals surface area (Å²) in [5.74, 6) is 2.12. The van der Waals surface area contributed by atoms with Crippen LogP contribution in [0, 0.1) is 9.49 Å². The van der Waals surface area contributed by atoms with E-state index >= 15 is 0 Å². The van der Waals surface area contributed by atoms with Crippen molar-refractivity contribution in [3.8, 4) is 0 Å². The Kier molecular flexibility index (Phi) is 4.64. The van der Waals surface area contributed by atoms with Crippen molar-refractivity contribution in [3.05, 3.63) is 20.2 Å². The molecular formula is C13H18ClIN2. The minimum Gasteiger partial charge on any atom is -0.236 e. The molecule has 0 aromatic carbocycles. The molecule has 1 aromatic rings. The highest BCUT2D eigenvalue weighted by Gasteiger charge is 2.22. The first kappa shape index (κ1) is 13.5. The molecule has 0 spiro atoms. The lowest BCUT2D eigenvalue weighted by atomic mass is 10.1. The molecule has 1 aliphatic rings. The van der Waals surface area contributed by atoms with Gasteiger partial charge in [0.05, 0.1) is 9.26 Å². The van der Waals surface area contributed by atoms with Gasteiger partial charge < -0.3 is 0 Å². The van der Waals surface area contributed by atoms with Gasteiger partial charge in [-0.1, -0.05) is 38.3 Å². The standard InChI is InChI=1S/C13H18ClIN2/c1-8(2)7-10-11(15)12(14)17-13(16-10)9-5-3-4-6-9/h8-9H,3-7H2,1-2H3. The summed E-state index contributed by atoms with van der Waals surface area (Å²) in [7, 11) is 0. The first-order valence-electron chi connectivity index (χ1n) is 6.29. The van der Waals surface area contributed by atoms with Gasteiger partial charge >= 0.3 is 0 Å². The van der Waals surface area contributed by atoms with Gasteiger partial charge in [0.1, 0.15) is 11.0 Å². The number of hydrogen-bond donors (Lipinski definition) is 0. The molecule has 0 saturated heterocycles. The van der Waals surface area contributed by atoms with Crippen LogP contribution in [0.1, 0.15) is 57.0 Å². The van der Waals surface area contributed by atoms with Crippen LogP contribution in [0.3, 0.4) is 0 Å². The van der Waals surface area contributed by atoms with Crippen LogP contribution in [-0.2, 0) is 6.42 Å². The molecule has 0 bridgehead atoms. The van der Waals surface area contributed by atoms with Crippen LogP contribution in [0.25, 0.3) is 0 Å². The van der Waals surface area contributed by atoms with Crippen molar-refractivity contribution in [2.45, 2.75) is 51.9 Å². The zero-order valence-electron chi connectivity index (χ0n) is 10.3. The highest BCUT2D eigenvalue weighted by Crippen LogP contribution is 2.34. The zero-order chi connectivity index (χ0) is 12.4. The maximum Gasteiger partial charge on any atom is 0.146 e. The van der Waals surface area contributed by atoms with Gasteiger partial charge in [-0.2, -0.15) is 0 Å². The lowest BCUT2D eigenvalue weighted by molar-refractivity contribution is 0.610. The average molecular weight is 365 g/mol. The summed E-state index contributed by atoms with van der Waals surface area (Å²) in [5, 5.41) is 0.637. The van der Waals surface area contributed by atoms with E-state index < -0.39 is 0 Å². The molecule has 1 heterocycles. The summed E-state index contributed by atoms with van der Waals surface area (Å²) in [5.41, 5.74) is 1.13. The van der Waals surface area contributed by atoms with Gasteiger partial charge in [0.2, 0.25) is 0 Å². The largest absolute Gasteiger partial charge is 0.236 e. The fourth-order valence-corrected chi connectivity index (χ4v) is 3.03. The number of rotatable bonds is 3. The average Bonchev–Trinajstić information content (AvgIpc) is 2.77. The second kappa shape index (κ2) is 5.83. The van der Waals surface area contributed by atoms with Gasteiger partial charge in [0.15, 0.2) is 0 Å². The minimum absolute atomic E-state index is 0.537. The summed E-state index contributed by atoms with van der Waals surface area (Å²) in [4.78, 5) is 9.22. The molecule has 0 aliphatic heterocycles. The number of halogens is 2. The lowest BCUT2D eigenvalue weighted by Crippen LogP contribution is -2.08. The molecule has 17 heavy (non-hydrogen) atoms. The zero-order valence-corrected chi connectivity index (χ0v) is 13.3. The van der Waals surface area contributed by atoms with Crippen LogP contribution >= 0.6 is 34.2 Å². The van der Waals surface area contributed by atoms with Gasteiger partial charge in [0, 0.05) is 5.92 Å². The van der Waals surface area contributed by atoms with Crippen molar-refractivity contribution in [2.75, 3.05) is 0 Å². The molecule has 0 radical (unpaired) electrons. The maximum absolute atomic E-state index is 6.22. The minimum atomic E-state index is 0.537. The SMILES string of the molecule is CC(C)Cc1nc(C2CCCC2)nc(Cl)c1I. The molecule has 2 nitrogen and oxygen atoms in total. The molecular weight excluding hydrogens is 347 g/mol. The highest BCUT2D eigenvalue weighted by atomic mass is 127. The molecule has 1 saturated carbocycles. The highest BCUT2D eigenvalue weighted by molar-refractivity contribution is 14.1. The molecule has 1 aliphatic carbocycles. The van der Waals surface area contributed by atoms with E-state index in [9.17, 15) is 0 Å². The Labute approximate surface area is 122 Å². The van der Waals surface area contributed by atoms with Crippen molar-refractivity contribution in [3.63, 3.8) is 0 Å². The molecule has 2 rings (SSSR count). The number of hydrogen-bond acceptors (Lipinski definition) is 2. The van der Waals surface area contributed by atoms with Gasteiger partial charge in [-0.25, -0.2) is 9.97 Å². The summed E-state index contributed by atoms with van der Waals surface area (Å²) in [6.07, 6.45) is 6.03. The molecule has 0 N–H and O–H groups in total. The van der Waals surface area contributed by atoms with Crippen LogP contribution in [-0.4, -0.2) is 9.97 Å². The summed E-state index contributed by atoms with van der Waals surface area (Å²) >= 11 is 8.48. The predicted octanol–water partition coefficient (Wildman–Crippen LogP) is 4.59. The number of aromatic nitrogens is 2. The fraction of sp³-hybridized carbons (Fsp3) is 0.692. The van der Waals surface area contributed by atoms with Crippen molar-refractivity contribution < 1.29 is 0 Å². The van der Waals surface area contributed by atoms with Crippen LogP contribution in [0.2, 0.25) is 5.15 Å². The first-order chi connectivity index (χ1) is 8.08. The molecule has 0 atom stereocenters.